The topological polar surface area (TPSA) is 36.9 Å². The highest BCUT2D eigenvalue weighted by Gasteiger charge is 2.67. The van der Waals surface area contributed by atoms with E-state index in [4.69, 9.17) is 19.2 Å². The molecule has 5 aliphatic rings. The van der Waals surface area contributed by atoms with Crippen LogP contribution >= 0.6 is 0 Å². The molecule has 2 heterocycles. The van der Waals surface area contributed by atoms with Crippen LogP contribution in [0, 0.1) is 29.6 Å². The Labute approximate surface area is 179 Å². The van der Waals surface area contributed by atoms with Crippen LogP contribution in [-0.2, 0) is 9.78 Å². The number of ether oxygens (including phenoxy) is 2. The molecule has 3 aliphatic carbocycles. The molecule has 1 spiro atoms. The molecule has 2 aliphatic heterocycles. The van der Waals surface area contributed by atoms with E-state index in [1.165, 1.54) is 26.2 Å². The average molecular weight is 419 g/mol. The Hall–Kier alpha value is -1.33. The Balaban J connectivity index is 1.40. The summed E-state index contributed by atoms with van der Waals surface area (Å²) in [5.41, 5.74) is -0.327. The predicted octanol–water partition coefficient (Wildman–Crippen LogP) is 6.09. The quantitative estimate of drug-likeness (QED) is 0.555. The van der Waals surface area contributed by atoms with E-state index in [0.717, 1.165) is 25.0 Å². The lowest BCUT2D eigenvalue weighted by Crippen LogP contribution is -2.66. The third-order valence-electron chi connectivity index (χ3n) is 8.61. The van der Waals surface area contributed by atoms with Gasteiger partial charge in [-0.15, -0.1) is 0 Å². The van der Waals surface area contributed by atoms with Gasteiger partial charge in [0, 0.05) is 6.92 Å². The van der Waals surface area contributed by atoms with Gasteiger partial charge in [0.1, 0.15) is 28.8 Å². The molecular formula is C25H35FO4. The zero-order valence-corrected chi connectivity index (χ0v) is 18.6. The predicted molar refractivity (Wildman–Crippen MR) is 112 cm³/mol. The first-order chi connectivity index (χ1) is 14.3. The van der Waals surface area contributed by atoms with E-state index in [2.05, 4.69) is 20.8 Å². The van der Waals surface area contributed by atoms with Gasteiger partial charge in [-0.1, -0.05) is 13.8 Å². The molecular weight excluding hydrogens is 383 g/mol. The molecule has 0 N–H and O–H groups in total. The van der Waals surface area contributed by atoms with E-state index in [9.17, 15) is 4.39 Å². The third-order valence-corrected chi connectivity index (χ3v) is 8.61. The summed E-state index contributed by atoms with van der Waals surface area (Å²) in [4.78, 5) is 12.5. The zero-order valence-electron chi connectivity index (χ0n) is 18.6. The molecule has 1 aromatic carbocycles. The number of fused-ring (bicyclic) bond motifs is 2. The first-order valence-electron chi connectivity index (χ1n) is 11.7. The number of rotatable bonds is 4. The fourth-order valence-electron chi connectivity index (χ4n) is 7.20. The standard InChI is InChI=1S/C25H35FO4/c1-15-5-10-22-16(2)23(28-20-8-6-19(7-9-20)27-17(3)26)13-18-14-24(4)12-11-21(15)25(18,22)30-29-24/h6-9,15-18,21-23H,5,10-14H2,1-4H3/t15-,16-,17?,18-,21+,22+,23+,24+,25-/m1/s1. The van der Waals surface area contributed by atoms with Gasteiger partial charge in [-0.05, 0) is 99.3 Å². The first kappa shape index (κ1) is 20.6. The molecule has 2 saturated heterocycles. The van der Waals surface area contributed by atoms with E-state index < -0.39 is 6.36 Å². The largest absolute Gasteiger partial charge is 0.490 e. The van der Waals surface area contributed by atoms with Crippen LogP contribution < -0.4 is 9.47 Å². The van der Waals surface area contributed by atoms with Crippen molar-refractivity contribution in [1.82, 2.24) is 0 Å². The van der Waals surface area contributed by atoms with Gasteiger partial charge in [0.05, 0.1) is 0 Å². The number of hydrogen-bond donors (Lipinski definition) is 0. The highest BCUT2D eigenvalue weighted by Crippen LogP contribution is 2.64. The van der Waals surface area contributed by atoms with Gasteiger partial charge in [0.15, 0.2) is 0 Å². The second-order valence-electron chi connectivity index (χ2n) is 10.6. The van der Waals surface area contributed by atoms with E-state index in [1.807, 2.05) is 12.1 Å². The minimum atomic E-state index is -1.32. The van der Waals surface area contributed by atoms with Crippen LogP contribution in [0.5, 0.6) is 11.5 Å². The van der Waals surface area contributed by atoms with E-state index >= 15 is 0 Å². The second-order valence-corrected chi connectivity index (χ2v) is 10.6. The fraction of sp³-hybridized carbons (Fsp3) is 0.760. The Morgan fingerprint density at radius 3 is 2.50 bits per heavy atom. The summed E-state index contributed by atoms with van der Waals surface area (Å²) in [5.74, 6) is 3.93. The maximum atomic E-state index is 13.1. The van der Waals surface area contributed by atoms with E-state index in [0.29, 0.717) is 35.3 Å². The van der Waals surface area contributed by atoms with Crippen molar-refractivity contribution in [2.75, 3.05) is 0 Å². The SMILES string of the molecule is CC(F)Oc1ccc(O[C@H]2C[C@@H]3C[C@]4(C)CC[C@H]5[C@H](C)CC[C@@H]([C@H]2C)[C@@]35OO4)cc1. The Kier molecular flexibility index (Phi) is 5.05. The molecule has 0 radical (unpaired) electrons. The lowest BCUT2D eigenvalue weighted by atomic mass is 9.51. The van der Waals surface area contributed by atoms with Crippen molar-refractivity contribution in [3.05, 3.63) is 24.3 Å². The summed E-state index contributed by atoms with van der Waals surface area (Å²) in [7, 11) is 0. The first-order valence-corrected chi connectivity index (χ1v) is 11.7. The van der Waals surface area contributed by atoms with Crippen molar-refractivity contribution in [3.8, 4) is 11.5 Å². The lowest BCUT2D eigenvalue weighted by molar-refractivity contribution is -0.474. The van der Waals surface area contributed by atoms with Crippen molar-refractivity contribution in [3.63, 3.8) is 0 Å². The average Bonchev–Trinajstić information content (AvgIpc) is 2.93. The van der Waals surface area contributed by atoms with Crippen LogP contribution in [-0.4, -0.2) is 23.7 Å². The van der Waals surface area contributed by atoms with Crippen LogP contribution in [0.25, 0.3) is 0 Å². The summed E-state index contributed by atoms with van der Waals surface area (Å²) in [6, 6.07) is 7.34. The second kappa shape index (κ2) is 7.37. The van der Waals surface area contributed by atoms with Gasteiger partial charge in [-0.25, -0.2) is 14.2 Å². The molecule has 3 saturated carbocycles. The molecule has 1 unspecified atom stereocenters. The molecule has 0 amide bonds. The Bertz CT molecular complexity index is 767. The summed E-state index contributed by atoms with van der Waals surface area (Å²) in [5, 5.41) is 0. The fourth-order valence-corrected chi connectivity index (χ4v) is 7.20. The van der Waals surface area contributed by atoms with Gasteiger partial charge in [0.25, 0.3) is 0 Å². The van der Waals surface area contributed by atoms with Gasteiger partial charge in [0.2, 0.25) is 6.36 Å². The van der Waals surface area contributed by atoms with Gasteiger partial charge >= 0.3 is 0 Å². The van der Waals surface area contributed by atoms with E-state index in [-0.39, 0.29) is 17.3 Å². The van der Waals surface area contributed by atoms with Crippen molar-refractivity contribution in [1.29, 1.82) is 0 Å². The van der Waals surface area contributed by atoms with Gasteiger partial charge in [-0.3, -0.25) is 0 Å². The Morgan fingerprint density at radius 1 is 1.03 bits per heavy atom. The molecule has 1 aromatic rings. The highest BCUT2D eigenvalue weighted by molar-refractivity contribution is 5.31. The smallest absolute Gasteiger partial charge is 0.235 e. The Morgan fingerprint density at radius 2 is 1.77 bits per heavy atom. The minimum Gasteiger partial charge on any atom is -0.490 e. The lowest BCUT2D eigenvalue weighted by Gasteiger charge is -2.61. The molecule has 30 heavy (non-hydrogen) atoms. The molecule has 9 atom stereocenters. The van der Waals surface area contributed by atoms with Gasteiger partial charge < -0.3 is 9.47 Å². The van der Waals surface area contributed by atoms with Crippen LogP contribution in [0.1, 0.15) is 66.2 Å². The summed E-state index contributed by atoms with van der Waals surface area (Å²) < 4.78 is 24.7. The molecule has 6 rings (SSSR count). The normalized spacial score (nSPS) is 45.9. The van der Waals surface area contributed by atoms with Crippen molar-refractivity contribution >= 4 is 0 Å². The van der Waals surface area contributed by atoms with Gasteiger partial charge in [-0.2, -0.15) is 0 Å². The minimum absolute atomic E-state index is 0.151. The number of halogens is 1. The third kappa shape index (κ3) is 3.24. The molecule has 2 bridgehead atoms. The van der Waals surface area contributed by atoms with E-state index in [1.54, 1.807) is 12.1 Å². The number of benzene rings is 1. The van der Waals surface area contributed by atoms with Crippen molar-refractivity contribution < 1.29 is 23.6 Å². The van der Waals surface area contributed by atoms with Crippen LogP contribution in [0.15, 0.2) is 24.3 Å². The summed E-state index contributed by atoms with van der Waals surface area (Å²) in [6.45, 7) is 8.34. The molecule has 4 nitrogen and oxygen atoms in total. The number of hydrogen-bond acceptors (Lipinski definition) is 4. The molecule has 166 valence electrons. The van der Waals surface area contributed by atoms with Crippen LogP contribution in [0.4, 0.5) is 4.39 Å². The molecule has 5 heteroatoms. The molecule has 5 fully saturated rings. The summed E-state index contributed by atoms with van der Waals surface area (Å²) >= 11 is 0. The van der Waals surface area contributed by atoms with Crippen LogP contribution in [0.3, 0.4) is 0 Å². The maximum absolute atomic E-state index is 13.1. The maximum Gasteiger partial charge on any atom is 0.235 e. The highest BCUT2D eigenvalue weighted by atomic mass is 19.1. The van der Waals surface area contributed by atoms with Crippen molar-refractivity contribution in [2.45, 2.75) is 89.9 Å². The summed E-state index contributed by atoms with van der Waals surface area (Å²) in [6.07, 6.45) is 5.61. The van der Waals surface area contributed by atoms with Crippen LogP contribution in [0.2, 0.25) is 0 Å². The number of alkyl halides is 1. The monoisotopic (exact) mass is 418 g/mol. The zero-order chi connectivity index (χ0) is 21.1. The molecule has 0 aromatic heterocycles. The van der Waals surface area contributed by atoms with Crippen molar-refractivity contribution in [2.24, 2.45) is 29.6 Å².